The van der Waals surface area contributed by atoms with Crippen LogP contribution in [0.4, 0.5) is 0 Å². The van der Waals surface area contributed by atoms with E-state index >= 15 is 0 Å². The summed E-state index contributed by atoms with van der Waals surface area (Å²) in [7, 11) is -7.25. The molecule has 0 aliphatic carbocycles. The van der Waals surface area contributed by atoms with Crippen molar-refractivity contribution in [3.8, 4) is 0 Å². The number of hydrogen-bond acceptors (Lipinski definition) is 8. The van der Waals surface area contributed by atoms with E-state index in [-0.39, 0.29) is 94.7 Å². The predicted octanol–water partition coefficient (Wildman–Crippen LogP) is -0.617. The van der Waals surface area contributed by atoms with Gasteiger partial charge in [0.05, 0.1) is 9.79 Å². The maximum atomic E-state index is 11.0. The van der Waals surface area contributed by atoms with E-state index in [0.717, 1.165) is 50.3 Å². The fraction of sp³-hybridized carbons (Fsp3) is 0.258. The molecule has 5 aromatic rings. The SMILES string of the molecule is Cc1ccc2c(c1)c1c(n2CCc2ccc(C)nc2)CCN(C)C1.Cl.Cl.O=S(=O)([O-])c1cccc2c(S(=O)(=O)[O-])cccc12.[Na+].[Na+]. The number of aromatic nitrogens is 2. The van der Waals surface area contributed by atoms with Crippen LogP contribution in [0.3, 0.4) is 0 Å². The van der Waals surface area contributed by atoms with Crippen molar-refractivity contribution in [3.05, 3.63) is 101 Å². The number of likely N-dealkylation sites (N-methyl/N-ethyl adjacent to an activating group) is 1. The summed E-state index contributed by atoms with van der Waals surface area (Å²) in [4.78, 5) is 5.76. The number of fused-ring (bicyclic) bond motifs is 4. The molecule has 3 heterocycles. The first-order chi connectivity index (χ1) is 19.8. The normalized spacial score (nSPS) is 12.8. The molecular weight excluding hydrogens is 691 g/mol. The first-order valence-electron chi connectivity index (χ1n) is 13.5. The minimum Gasteiger partial charge on any atom is -0.744 e. The summed E-state index contributed by atoms with van der Waals surface area (Å²) >= 11 is 0. The van der Waals surface area contributed by atoms with E-state index in [9.17, 15) is 25.9 Å². The second-order valence-corrected chi connectivity index (χ2v) is 13.4. The van der Waals surface area contributed by atoms with E-state index in [0.29, 0.717) is 0 Å². The molecule has 0 bridgehead atoms. The minimum absolute atomic E-state index is 0. The van der Waals surface area contributed by atoms with Gasteiger partial charge in [0, 0.05) is 65.3 Å². The Morgan fingerprint density at radius 3 is 1.91 bits per heavy atom. The molecule has 6 rings (SSSR count). The van der Waals surface area contributed by atoms with Crippen LogP contribution in [0.25, 0.3) is 21.7 Å². The van der Waals surface area contributed by atoms with Crippen LogP contribution in [-0.2, 0) is 46.2 Å². The first-order valence-corrected chi connectivity index (χ1v) is 16.3. The molecule has 1 aliphatic heterocycles. The quantitative estimate of drug-likeness (QED) is 0.173. The van der Waals surface area contributed by atoms with Crippen molar-refractivity contribution < 1.29 is 85.1 Å². The average molecular weight is 725 g/mol. The van der Waals surface area contributed by atoms with Gasteiger partial charge in [-0.15, -0.1) is 24.8 Å². The minimum atomic E-state index is -4.74. The van der Waals surface area contributed by atoms with E-state index in [2.05, 4.69) is 58.8 Å². The third-order valence-corrected chi connectivity index (χ3v) is 9.37. The second-order valence-electron chi connectivity index (χ2n) is 10.7. The smallest absolute Gasteiger partial charge is 0.744 e. The van der Waals surface area contributed by atoms with Crippen LogP contribution in [0.2, 0.25) is 0 Å². The summed E-state index contributed by atoms with van der Waals surface area (Å²) in [5.74, 6) is 0. The molecule has 0 saturated carbocycles. The molecule has 0 fully saturated rings. The Balaban J connectivity index is 0.000000438. The molecule has 0 saturated heterocycles. The molecule has 15 heteroatoms. The number of rotatable bonds is 5. The van der Waals surface area contributed by atoms with Crippen LogP contribution in [0, 0.1) is 13.8 Å². The van der Waals surface area contributed by atoms with E-state index in [1.165, 1.54) is 57.6 Å². The van der Waals surface area contributed by atoms with Gasteiger partial charge in [0.15, 0.2) is 0 Å². The van der Waals surface area contributed by atoms with Gasteiger partial charge in [0.1, 0.15) is 20.2 Å². The molecule has 0 unspecified atom stereocenters. The van der Waals surface area contributed by atoms with Gasteiger partial charge in [-0.1, -0.05) is 42.0 Å². The Labute approximate surface area is 327 Å². The van der Waals surface area contributed by atoms with Gasteiger partial charge in [-0.05, 0) is 68.8 Å². The van der Waals surface area contributed by atoms with Gasteiger partial charge in [-0.3, -0.25) is 4.98 Å². The zero-order valence-corrected chi connectivity index (χ0v) is 33.7. The van der Waals surface area contributed by atoms with Crippen LogP contribution < -0.4 is 59.1 Å². The Hall–Kier alpha value is -1.03. The molecule has 46 heavy (non-hydrogen) atoms. The molecule has 0 N–H and O–H groups in total. The van der Waals surface area contributed by atoms with Crippen molar-refractivity contribution in [2.24, 2.45) is 0 Å². The van der Waals surface area contributed by atoms with Crippen LogP contribution >= 0.6 is 24.8 Å². The van der Waals surface area contributed by atoms with Crippen LogP contribution in [0.5, 0.6) is 0 Å². The van der Waals surface area contributed by atoms with Crippen molar-refractivity contribution >= 4 is 66.7 Å². The van der Waals surface area contributed by atoms with Crippen molar-refractivity contribution in [2.75, 3.05) is 13.6 Å². The topological polar surface area (TPSA) is 135 Å². The fourth-order valence-corrected chi connectivity index (χ4v) is 6.91. The van der Waals surface area contributed by atoms with Crippen LogP contribution in [0.15, 0.2) is 82.7 Å². The zero-order chi connectivity index (χ0) is 30.2. The summed E-state index contributed by atoms with van der Waals surface area (Å²) < 4.78 is 68.7. The molecular formula is C31H33Cl2N3Na2O6S2. The number of aryl methyl sites for hydroxylation is 4. The Morgan fingerprint density at radius 1 is 0.804 bits per heavy atom. The van der Waals surface area contributed by atoms with Gasteiger partial charge < -0.3 is 18.6 Å². The summed E-state index contributed by atoms with van der Waals surface area (Å²) in [5, 5.41) is 1.28. The number of halogens is 2. The number of pyridine rings is 1. The van der Waals surface area contributed by atoms with Crippen molar-refractivity contribution in [2.45, 2.75) is 49.6 Å². The molecule has 0 atom stereocenters. The van der Waals surface area contributed by atoms with E-state index < -0.39 is 30.0 Å². The fourth-order valence-electron chi connectivity index (χ4n) is 5.53. The summed E-state index contributed by atoms with van der Waals surface area (Å²) in [5.41, 5.74) is 8.20. The molecule has 0 radical (unpaired) electrons. The van der Waals surface area contributed by atoms with Gasteiger partial charge >= 0.3 is 59.1 Å². The molecule has 3 aromatic carbocycles. The van der Waals surface area contributed by atoms with E-state index in [1.807, 2.05) is 13.1 Å². The van der Waals surface area contributed by atoms with Crippen molar-refractivity contribution in [1.29, 1.82) is 0 Å². The molecule has 1 aliphatic rings. The average Bonchev–Trinajstić information content (AvgIpc) is 3.23. The van der Waals surface area contributed by atoms with E-state index in [1.54, 1.807) is 0 Å². The number of benzene rings is 3. The Morgan fingerprint density at radius 2 is 1.39 bits per heavy atom. The third-order valence-electron chi connectivity index (χ3n) is 7.58. The standard InChI is InChI=1S/C21H25N3.C10H8O6S2.2ClH.2Na/c1-15-4-7-20-18(12-15)19-14-23(3)10-9-21(19)24(20)11-8-17-6-5-16(2)22-13-17;11-17(12,13)9-5-1-3-7-8(9)4-2-6-10(7)18(14,15)16;;;;/h4-7,12-13H,8-11,14H2,1-3H3;1-6H,(H,11,12,13)(H,14,15,16);2*1H;;/q;;;;2*+1/p-2. The van der Waals surface area contributed by atoms with Gasteiger partial charge in [-0.25, -0.2) is 16.8 Å². The first kappa shape index (κ1) is 43.0. The van der Waals surface area contributed by atoms with Gasteiger partial charge in [0.25, 0.3) is 0 Å². The maximum absolute atomic E-state index is 11.0. The van der Waals surface area contributed by atoms with Crippen LogP contribution in [-0.4, -0.2) is 54.0 Å². The Kier molecular flexibility index (Phi) is 16.4. The van der Waals surface area contributed by atoms with E-state index in [4.69, 9.17) is 0 Å². The second kappa shape index (κ2) is 17.6. The largest absolute Gasteiger partial charge is 1.00 e. The molecule has 0 amide bonds. The molecule has 9 nitrogen and oxygen atoms in total. The van der Waals surface area contributed by atoms with Crippen LogP contribution in [0.1, 0.15) is 28.1 Å². The molecule has 236 valence electrons. The summed E-state index contributed by atoms with van der Waals surface area (Å²) in [6, 6.07) is 18.3. The maximum Gasteiger partial charge on any atom is 1.00 e. The molecule has 2 aromatic heterocycles. The van der Waals surface area contributed by atoms with Gasteiger partial charge in [0.2, 0.25) is 0 Å². The van der Waals surface area contributed by atoms with Crippen molar-refractivity contribution in [1.82, 2.24) is 14.5 Å². The number of hydrogen-bond donors (Lipinski definition) is 0. The Bertz CT molecular complexity index is 1950. The number of nitrogens with zero attached hydrogens (tertiary/aromatic N) is 3. The van der Waals surface area contributed by atoms with Gasteiger partial charge in [-0.2, -0.15) is 0 Å². The summed E-state index contributed by atoms with van der Waals surface area (Å²) in [6.45, 7) is 7.47. The predicted molar refractivity (Wildman–Crippen MR) is 174 cm³/mol. The monoisotopic (exact) mass is 723 g/mol. The van der Waals surface area contributed by atoms with Crippen molar-refractivity contribution in [3.63, 3.8) is 0 Å². The zero-order valence-electron chi connectivity index (χ0n) is 26.4. The molecule has 0 spiro atoms. The third kappa shape index (κ3) is 9.78. The summed E-state index contributed by atoms with van der Waals surface area (Å²) in [6.07, 6.45) is 4.20.